The van der Waals surface area contributed by atoms with Crippen molar-refractivity contribution in [1.29, 1.82) is 0 Å². The van der Waals surface area contributed by atoms with Gasteiger partial charge in [-0.25, -0.2) is 18.8 Å². The molecule has 0 radical (unpaired) electrons. The Hall–Kier alpha value is -3.73. The molecule has 0 unspecified atom stereocenters. The van der Waals surface area contributed by atoms with Crippen molar-refractivity contribution in [1.82, 2.24) is 9.97 Å². The van der Waals surface area contributed by atoms with E-state index in [1.54, 1.807) is 24.4 Å². The van der Waals surface area contributed by atoms with Gasteiger partial charge in [0, 0.05) is 42.2 Å². The molecule has 2 heterocycles. The number of amidine groups is 1. The van der Waals surface area contributed by atoms with Crippen molar-refractivity contribution >= 4 is 28.4 Å². The van der Waals surface area contributed by atoms with E-state index >= 15 is 0 Å². The highest BCUT2D eigenvalue weighted by atomic mass is 19.1. The lowest BCUT2D eigenvalue weighted by atomic mass is 10.1. The van der Waals surface area contributed by atoms with Crippen molar-refractivity contribution in [2.24, 2.45) is 16.6 Å². The largest absolute Gasteiger partial charge is 0.465 e. The van der Waals surface area contributed by atoms with Crippen LogP contribution in [0.2, 0.25) is 0 Å². The Bertz CT molecular complexity index is 1210. The van der Waals surface area contributed by atoms with Crippen molar-refractivity contribution in [3.8, 4) is 11.8 Å². The molecule has 4 rings (SSSR count). The normalized spacial score (nSPS) is 13.6. The maximum atomic E-state index is 14.4. The predicted molar refractivity (Wildman–Crippen MR) is 116 cm³/mol. The number of nitrogens with two attached hydrogens (primary N) is 1. The van der Waals surface area contributed by atoms with E-state index in [1.807, 2.05) is 0 Å². The zero-order chi connectivity index (χ0) is 21.8. The third-order valence-corrected chi connectivity index (χ3v) is 4.82. The first-order valence-corrected chi connectivity index (χ1v) is 9.90. The van der Waals surface area contributed by atoms with Crippen molar-refractivity contribution in [2.75, 3.05) is 19.0 Å². The summed E-state index contributed by atoms with van der Waals surface area (Å²) in [4.78, 5) is 12.2. The van der Waals surface area contributed by atoms with Crippen LogP contribution in [-0.2, 0) is 11.2 Å². The van der Waals surface area contributed by atoms with Crippen LogP contribution in [0.15, 0.2) is 41.7 Å². The summed E-state index contributed by atoms with van der Waals surface area (Å²) in [5.74, 6) is 6.17. The molecule has 1 fully saturated rings. The number of benzene rings is 1. The summed E-state index contributed by atoms with van der Waals surface area (Å²) >= 11 is 0. The number of aliphatic imine (C=N–C) groups is 1. The fraction of sp³-hybridized carbons (Fsp3) is 0.261. The van der Waals surface area contributed by atoms with Gasteiger partial charge in [-0.2, -0.15) is 0 Å². The van der Waals surface area contributed by atoms with Gasteiger partial charge in [-0.1, -0.05) is 11.8 Å². The molecule has 158 valence electrons. The number of nitrogens with one attached hydrogen (secondary N) is 1. The fourth-order valence-electron chi connectivity index (χ4n) is 2.97. The summed E-state index contributed by atoms with van der Waals surface area (Å²) < 4.78 is 33.7. The first kappa shape index (κ1) is 20.5. The third kappa shape index (κ3) is 5.07. The van der Waals surface area contributed by atoms with Crippen molar-refractivity contribution < 1.29 is 13.5 Å². The first-order chi connectivity index (χ1) is 15.0. The van der Waals surface area contributed by atoms with Crippen LogP contribution < -0.4 is 11.1 Å². The molecular formula is C23H21F2N5O. The first-order valence-electron chi connectivity index (χ1n) is 9.90. The molecule has 1 aliphatic rings. The highest BCUT2D eigenvalue weighted by molar-refractivity contribution is 5.90. The van der Waals surface area contributed by atoms with Gasteiger partial charge in [0.25, 0.3) is 6.02 Å². The molecule has 31 heavy (non-hydrogen) atoms. The summed E-state index contributed by atoms with van der Waals surface area (Å²) in [7, 11) is 1.51. The number of rotatable bonds is 5. The van der Waals surface area contributed by atoms with Crippen LogP contribution in [0.3, 0.4) is 0 Å². The van der Waals surface area contributed by atoms with Gasteiger partial charge in [0.1, 0.15) is 11.3 Å². The number of hydrogen-bond acceptors (Lipinski definition) is 5. The lowest BCUT2D eigenvalue weighted by Crippen LogP contribution is -2.17. The Morgan fingerprint density at radius 1 is 1.23 bits per heavy atom. The maximum Gasteiger partial charge on any atom is 0.281 e. The number of nitrogens with zero attached hydrogens (tertiary/aromatic N) is 3. The van der Waals surface area contributed by atoms with Crippen LogP contribution in [0, 0.1) is 29.4 Å². The van der Waals surface area contributed by atoms with Gasteiger partial charge in [0.05, 0.1) is 12.8 Å². The Labute approximate surface area is 178 Å². The third-order valence-electron chi connectivity index (χ3n) is 4.82. The number of pyridine rings is 2. The molecule has 0 bridgehead atoms. The van der Waals surface area contributed by atoms with E-state index in [4.69, 9.17) is 10.5 Å². The molecule has 0 aliphatic heterocycles. The summed E-state index contributed by atoms with van der Waals surface area (Å²) in [6, 6.07) is 6.29. The standard InChI is InChI=1S/C23H21F2N5O/c1-27-23(26)31-9-8-16-11-17(6-7-19(16)24)30-22-21-18(20(25)13-29-22)10-15(12-28-21)5-4-14-2-3-14/h6-7,10-14H,2-3,8-9H2,1H3,(H2,26,27)(H,29,30). The Morgan fingerprint density at radius 2 is 2.06 bits per heavy atom. The van der Waals surface area contributed by atoms with Gasteiger partial charge in [0.15, 0.2) is 11.6 Å². The second-order valence-electron chi connectivity index (χ2n) is 7.21. The molecule has 1 saturated carbocycles. The summed E-state index contributed by atoms with van der Waals surface area (Å²) in [6.07, 6.45) is 5.28. The van der Waals surface area contributed by atoms with E-state index in [-0.39, 0.29) is 18.4 Å². The molecular weight excluding hydrogens is 400 g/mol. The molecule has 3 N–H and O–H groups in total. The van der Waals surface area contributed by atoms with Gasteiger partial charge in [-0.3, -0.25) is 4.98 Å². The van der Waals surface area contributed by atoms with Gasteiger partial charge >= 0.3 is 0 Å². The molecule has 6 nitrogen and oxygen atoms in total. The maximum absolute atomic E-state index is 14.4. The number of hydrogen-bond donors (Lipinski definition) is 2. The summed E-state index contributed by atoms with van der Waals surface area (Å²) in [5.41, 5.74) is 7.55. The highest BCUT2D eigenvalue weighted by Crippen LogP contribution is 2.28. The Balaban J connectivity index is 1.57. The topological polar surface area (TPSA) is 85.4 Å². The number of anilines is 2. The average molecular weight is 421 g/mol. The minimum Gasteiger partial charge on any atom is -0.465 e. The van der Waals surface area contributed by atoms with E-state index in [0.717, 1.165) is 19.0 Å². The van der Waals surface area contributed by atoms with Crippen molar-refractivity contribution in [3.63, 3.8) is 0 Å². The van der Waals surface area contributed by atoms with Crippen LogP contribution in [0.1, 0.15) is 24.0 Å². The van der Waals surface area contributed by atoms with Crippen LogP contribution >= 0.6 is 0 Å². The van der Waals surface area contributed by atoms with E-state index in [2.05, 4.69) is 32.1 Å². The molecule has 8 heteroatoms. The molecule has 0 saturated heterocycles. The van der Waals surface area contributed by atoms with E-state index in [9.17, 15) is 8.78 Å². The van der Waals surface area contributed by atoms with Gasteiger partial charge in [0.2, 0.25) is 0 Å². The Kier molecular flexibility index (Phi) is 5.94. The molecule has 2 aromatic heterocycles. The lowest BCUT2D eigenvalue weighted by molar-refractivity contribution is 0.301. The average Bonchev–Trinajstić information content (AvgIpc) is 3.61. The van der Waals surface area contributed by atoms with Crippen LogP contribution in [-0.4, -0.2) is 29.6 Å². The number of fused-ring (bicyclic) bond motifs is 1. The number of aromatic nitrogens is 2. The minimum atomic E-state index is -0.477. The van der Waals surface area contributed by atoms with Gasteiger partial charge in [-0.05, 0) is 42.7 Å². The molecule has 3 aromatic rings. The number of ether oxygens (including phenoxy) is 1. The van der Waals surface area contributed by atoms with Gasteiger partial charge in [-0.15, -0.1) is 0 Å². The van der Waals surface area contributed by atoms with Crippen molar-refractivity contribution in [2.45, 2.75) is 19.3 Å². The van der Waals surface area contributed by atoms with Crippen molar-refractivity contribution in [3.05, 3.63) is 59.4 Å². The molecule has 1 aliphatic carbocycles. The van der Waals surface area contributed by atoms with E-state index < -0.39 is 5.82 Å². The van der Waals surface area contributed by atoms with Crippen LogP contribution in [0.5, 0.6) is 0 Å². The quantitative estimate of drug-likeness (QED) is 0.371. The van der Waals surface area contributed by atoms with E-state index in [1.165, 1.54) is 13.1 Å². The monoisotopic (exact) mass is 421 g/mol. The highest BCUT2D eigenvalue weighted by Gasteiger charge is 2.18. The lowest BCUT2D eigenvalue weighted by Gasteiger charge is -2.11. The molecule has 0 spiro atoms. The van der Waals surface area contributed by atoms with Crippen LogP contribution in [0.25, 0.3) is 10.9 Å². The Morgan fingerprint density at radius 3 is 2.84 bits per heavy atom. The smallest absolute Gasteiger partial charge is 0.281 e. The molecule has 0 atom stereocenters. The summed E-state index contributed by atoms with van der Waals surface area (Å²) in [6.45, 7) is 0.188. The predicted octanol–water partition coefficient (Wildman–Crippen LogP) is 3.92. The van der Waals surface area contributed by atoms with Gasteiger partial charge < -0.3 is 15.8 Å². The zero-order valence-electron chi connectivity index (χ0n) is 17.0. The fourth-order valence-corrected chi connectivity index (χ4v) is 2.97. The van der Waals surface area contributed by atoms with E-state index in [0.29, 0.717) is 45.9 Å². The zero-order valence-corrected chi connectivity index (χ0v) is 17.0. The number of halogens is 2. The summed E-state index contributed by atoms with van der Waals surface area (Å²) in [5, 5.41) is 3.42. The SMILES string of the molecule is CN=C(N)OCCc1cc(Nc2ncc(F)c3cc(C#CC4CC4)cnc23)ccc1F. The minimum absolute atomic E-state index is 0.0453. The second-order valence-corrected chi connectivity index (χ2v) is 7.21. The second kappa shape index (κ2) is 8.96. The molecule has 0 amide bonds. The van der Waals surface area contributed by atoms with Crippen LogP contribution in [0.4, 0.5) is 20.3 Å². The molecule has 1 aromatic carbocycles.